The molecule has 2 aromatic rings. The first-order chi connectivity index (χ1) is 15.0. The zero-order valence-corrected chi connectivity index (χ0v) is 18.5. The van der Waals surface area contributed by atoms with Crippen LogP contribution in [0, 0.1) is 5.82 Å². The summed E-state index contributed by atoms with van der Waals surface area (Å²) in [6.45, 7) is 2.58. The highest BCUT2D eigenvalue weighted by molar-refractivity contribution is 7.88. The van der Waals surface area contributed by atoms with Crippen molar-refractivity contribution in [1.29, 1.82) is 0 Å². The van der Waals surface area contributed by atoms with Crippen molar-refractivity contribution in [1.82, 2.24) is 14.9 Å². The average Bonchev–Trinajstić information content (AvgIpc) is 2.78. The number of aliphatic imine (C=N–C) groups is 1. The third kappa shape index (κ3) is 6.75. The lowest BCUT2D eigenvalue weighted by Crippen LogP contribution is -2.41. The monoisotopic (exact) mass is 448 g/mol. The lowest BCUT2D eigenvalue weighted by atomic mass is 10.1. The highest BCUT2D eigenvalue weighted by atomic mass is 32.2. The first-order valence-corrected chi connectivity index (χ1v) is 11.9. The minimum absolute atomic E-state index is 0.0514. The number of hydrogen-bond acceptors (Lipinski definition) is 4. The standard InChI is InChI=1S/C22H29FN4O3S/c1-24-22(25-11-10-18-6-4-5-9-21(18)23)26-16-19-7-2-3-8-20(19)17-31(28,29)27-12-14-30-15-13-27/h2-9H,10-17H2,1H3,(H2,24,25,26). The summed E-state index contributed by atoms with van der Waals surface area (Å²) in [5.41, 5.74) is 2.28. The summed E-state index contributed by atoms with van der Waals surface area (Å²) >= 11 is 0. The fourth-order valence-corrected chi connectivity index (χ4v) is 4.96. The van der Waals surface area contributed by atoms with Crippen molar-refractivity contribution < 1.29 is 17.5 Å². The van der Waals surface area contributed by atoms with Gasteiger partial charge in [-0.1, -0.05) is 42.5 Å². The molecule has 1 heterocycles. The molecular weight excluding hydrogens is 419 g/mol. The normalized spacial score (nSPS) is 15.6. The summed E-state index contributed by atoms with van der Waals surface area (Å²) in [6.07, 6.45) is 0.530. The SMILES string of the molecule is CN=C(NCCc1ccccc1F)NCc1ccccc1CS(=O)(=O)N1CCOCC1. The van der Waals surface area contributed by atoms with Gasteiger partial charge >= 0.3 is 0 Å². The molecule has 3 rings (SSSR count). The van der Waals surface area contributed by atoms with E-state index in [9.17, 15) is 12.8 Å². The van der Waals surface area contributed by atoms with Crippen LogP contribution in [0.3, 0.4) is 0 Å². The number of nitrogens with zero attached hydrogens (tertiary/aromatic N) is 2. The second-order valence-electron chi connectivity index (χ2n) is 7.23. The Morgan fingerprint density at radius 1 is 1.03 bits per heavy atom. The van der Waals surface area contributed by atoms with Gasteiger partial charge in [0.1, 0.15) is 5.82 Å². The lowest BCUT2D eigenvalue weighted by Gasteiger charge is -2.26. The van der Waals surface area contributed by atoms with Crippen LogP contribution in [0.4, 0.5) is 4.39 Å². The number of halogens is 1. The van der Waals surface area contributed by atoms with Crippen molar-refractivity contribution in [2.75, 3.05) is 39.9 Å². The number of ether oxygens (including phenoxy) is 1. The van der Waals surface area contributed by atoms with Crippen molar-refractivity contribution in [2.45, 2.75) is 18.7 Å². The number of morpholine rings is 1. The van der Waals surface area contributed by atoms with Crippen LogP contribution >= 0.6 is 0 Å². The van der Waals surface area contributed by atoms with Crippen molar-refractivity contribution in [3.63, 3.8) is 0 Å². The molecule has 1 saturated heterocycles. The molecule has 0 atom stereocenters. The minimum Gasteiger partial charge on any atom is -0.379 e. The Morgan fingerprint density at radius 3 is 2.35 bits per heavy atom. The second kappa shape index (κ2) is 11.2. The van der Waals surface area contributed by atoms with E-state index in [0.29, 0.717) is 57.3 Å². The Bertz CT molecular complexity index is 992. The number of sulfonamides is 1. The maximum Gasteiger partial charge on any atom is 0.218 e. The first kappa shape index (κ1) is 23.2. The molecule has 1 aliphatic heterocycles. The molecule has 2 N–H and O–H groups in total. The minimum atomic E-state index is -3.41. The molecule has 0 unspecified atom stereocenters. The van der Waals surface area contributed by atoms with E-state index in [4.69, 9.17) is 4.74 Å². The van der Waals surface area contributed by atoms with E-state index in [1.165, 1.54) is 10.4 Å². The van der Waals surface area contributed by atoms with Gasteiger partial charge in [-0.05, 0) is 29.2 Å². The van der Waals surface area contributed by atoms with Gasteiger partial charge < -0.3 is 15.4 Å². The topological polar surface area (TPSA) is 83.0 Å². The fourth-order valence-electron chi connectivity index (χ4n) is 3.40. The number of nitrogens with one attached hydrogen (secondary N) is 2. The molecule has 0 spiro atoms. The van der Waals surface area contributed by atoms with Gasteiger partial charge in [0.15, 0.2) is 5.96 Å². The van der Waals surface area contributed by atoms with Crippen LogP contribution < -0.4 is 10.6 Å². The smallest absolute Gasteiger partial charge is 0.218 e. The molecule has 9 heteroatoms. The van der Waals surface area contributed by atoms with Crippen molar-refractivity contribution in [3.05, 3.63) is 71.0 Å². The summed E-state index contributed by atoms with van der Waals surface area (Å²) in [7, 11) is -1.75. The van der Waals surface area contributed by atoms with Crippen LogP contribution in [0.25, 0.3) is 0 Å². The second-order valence-corrected chi connectivity index (χ2v) is 9.20. The Morgan fingerprint density at radius 2 is 1.68 bits per heavy atom. The van der Waals surface area contributed by atoms with Gasteiger partial charge in [0.2, 0.25) is 10.0 Å². The zero-order chi connectivity index (χ0) is 22.1. The fraction of sp³-hybridized carbons (Fsp3) is 0.409. The summed E-state index contributed by atoms with van der Waals surface area (Å²) in [6, 6.07) is 14.2. The van der Waals surface area contributed by atoms with Crippen LogP contribution in [0.15, 0.2) is 53.5 Å². The van der Waals surface area contributed by atoms with Crippen LogP contribution in [0.5, 0.6) is 0 Å². The van der Waals surface area contributed by atoms with E-state index < -0.39 is 10.0 Å². The van der Waals surface area contributed by atoms with Gasteiger partial charge in [0.05, 0.1) is 19.0 Å². The number of guanidine groups is 1. The molecular formula is C22H29FN4O3S. The van der Waals surface area contributed by atoms with Gasteiger partial charge in [-0.2, -0.15) is 4.31 Å². The summed E-state index contributed by atoms with van der Waals surface area (Å²) < 4.78 is 46.1. The van der Waals surface area contributed by atoms with Crippen LogP contribution in [-0.2, 0) is 33.5 Å². The van der Waals surface area contributed by atoms with E-state index in [1.54, 1.807) is 19.2 Å². The summed E-state index contributed by atoms with van der Waals surface area (Å²) in [5, 5.41) is 6.38. The Hall–Kier alpha value is -2.49. The van der Waals surface area contributed by atoms with Crippen LogP contribution in [-0.4, -0.2) is 58.6 Å². The van der Waals surface area contributed by atoms with Gasteiger partial charge in [0.25, 0.3) is 0 Å². The van der Waals surface area contributed by atoms with Gasteiger partial charge in [-0.3, -0.25) is 4.99 Å². The third-order valence-corrected chi connectivity index (χ3v) is 6.96. The number of benzene rings is 2. The molecule has 7 nitrogen and oxygen atoms in total. The maximum atomic E-state index is 13.7. The molecule has 2 aromatic carbocycles. The van der Waals surface area contributed by atoms with Crippen LogP contribution in [0.2, 0.25) is 0 Å². The molecule has 168 valence electrons. The van der Waals surface area contributed by atoms with E-state index in [2.05, 4.69) is 15.6 Å². The Balaban J connectivity index is 1.56. The lowest BCUT2D eigenvalue weighted by molar-refractivity contribution is 0.0729. The molecule has 0 aromatic heterocycles. The zero-order valence-electron chi connectivity index (χ0n) is 17.7. The first-order valence-electron chi connectivity index (χ1n) is 10.3. The number of rotatable bonds is 8. The molecule has 0 saturated carbocycles. The van der Waals surface area contributed by atoms with E-state index >= 15 is 0 Å². The predicted molar refractivity (Wildman–Crippen MR) is 120 cm³/mol. The van der Waals surface area contributed by atoms with Crippen molar-refractivity contribution in [3.8, 4) is 0 Å². The van der Waals surface area contributed by atoms with Gasteiger partial charge in [0, 0.05) is 33.2 Å². The van der Waals surface area contributed by atoms with Crippen molar-refractivity contribution >= 4 is 16.0 Å². The largest absolute Gasteiger partial charge is 0.379 e. The molecule has 31 heavy (non-hydrogen) atoms. The number of hydrogen-bond donors (Lipinski definition) is 2. The van der Waals surface area contributed by atoms with Crippen LogP contribution in [0.1, 0.15) is 16.7 Å². The molecule has 0 radical (unpaired) electrons. The quantitative estimate of drug-likeness (QED) is 0.476. The van der Waals surface area contributed by atoms with E-state index in [1.807, 2.05) is 30.3 Å². The molecule has 0 bridgehead atoms. The highest BCUT2D eigenvalue weighted by Gasteiger charge is 2.25. The predicted octanol–water partition coefficient (Wildman–Crippen LogP) is 1.90. The third-order valence-electron chi connectivity index (χ3n) is 5.13. The molecule has 0 amide bonds. The summed E-state index contributed by atoms with van der Waals surface area (Å²) in [4.78, 5) is 4.19. The van der Waals surface area contributed by atoms with E-state index in [-0.39, 0.29) is 11.6 Å². The highest BCUT2D eigenvalue weighted by Crippen LogP contribution is 2.16. The summed E-state index contributed by atoms with van der Waals surface area (Å²) in [5.74, 6) is 0.300. The van der Waals surface area contributed by atoms with Gasteiger partial charge in [-0.15, -0.1) is 0 Å². The van der Waals surface area contributed by atoms with E-state index in [0.717, 1.165) is 11.1 Å². The molecule has 0 aliphatic carbocycles. The Kier molecular flexibility index (Phi) is 8.39. The van der Waals surface area contributed by atoms with Gasteiger partial charge in [-0.25, -0.2) is 12.8 Å². The molecule has 1 fully saturated rings. The maximum absolute atomic E-state index is 13.7. The Labute approximate surface area is 183 Å². The average molecular weight is 449 g/mol. The molecule has 1 aliphatic rings. The van der Waals surface area contributed by atoms with Crippen molar-refractivity contribution in [2.24, 2.45) is 4.99 Å².